The number of aliphatic carboxylic acids is 1. The van der Waals surface area contributed by atoms with Gasteiger partial charge in [0.15, 0.2) is 0 Å². The molecule has 1 fully saturated rings. The van der Waals surface area contributed by atoms with Gasteiger partial charge < -0.3 is 15.4 Å². The fraction of sp³-hybridized carbons (Fsp3) is 0.615. The second-order valence-corrected chi connectivity index (χ2v) is 5.31. The van der Waals surface area contributed by atoms with E-state index in [9.17, 15) is 9.59 Å². The van der Waals surface area contributed by atoms with Crippen molar-refractivity contribution < 1.29 is 14.7 Å². The molecule has 0 bridgehead atoms. The number of carbonyl (C=O) groups excluding carboxylic acids is 1. The molecule has 0 saturated heterocycles. The number of hydrogen-bond donors (Lipinski definition) is 3. The Bertz CT molecular complexity index is 436. The Kier molecular flexibility index (Phi) is 4.19. The molecule has 0 aliphatic heterocycles. The Morgan fingerprint density at radius 3 is 2.68 bits per heavy atom. The van der Waals surface area contributed by atoms with Gasteiger partial charge in [-0.1, -0.05) is 12.8 Å². The first-order valence-electron chi connectivity index (χ1n) is 6.55. The van der Waals surface area contributed by atoms with E-state index in [-0.39, 0.29) is 17.7 Å². The van der Waals surface area contributed by atoms with E-state index in [4.69, 9.17) is 5.11 Å². The van der Waals surface area contributed by atoms with Gasteiger partial charge in [-0.05, 0) is 18.3 Å². The molecule has 1 aliphatic rings. The zero-order chi connectivity index (χ0) is 13.7. The normalized spacial score (nSPS) is 17.3. The summed E-state index contributed by atoms with van der Waals surface area (Å²) < 4.78 is 0. The minimum atomic E-state index is -0.816. The minimum absolute atomic E-state index is 0.0854. The van der Waals surface area contributed by atoms with E-state index in [0.717, 1.165) is 31.4 Å². The summed E-state index contributed by atoms with van der Waals surface area (Å²) in [4.78, 5) is 29.7. The number of carboxylic acids is 1. The first-order valence-corrected chi connectivity index (χ1v) is 6.55. The molecule has 6 heteroatoms. The average Bonchev–Trinajstić information content (AvgIpc) is 2.97. The van der Waals surface area contributed by atoms with Crippen LogP contribution in [0.4, 0.5) is 0 Å². The van der Waals surface area contributed by atoms with Crippen LogP contribution in [0, 0.1) is 5.41 Å². The third-order valence-electron chi connectivity index (χ3n) is 3.76. The second kappa shape index (κ2) is 5.86. The highest BCUT2D eigenvalue weighted by atomic mass is 16.4. The molecular weight excluding hydrogens is 246 g/mol. The van der Waals surface area contributed by atoms with Crippen LogP contribution < -0.4 is 5.32 Å². The number of carboxylic acid groups (broad SMARTS) is 1. The molecule has 0 radical (unpaired) electrons. The molecule has 1 aliphatic carbocycles. The molecule has 1 aromatic heterocycles. The van der Waals surface area contributed by atoms with Crippen molar-refractivity contribution in [1.82, 2.24) is 15.3 Å². The first kappa shape index (κ1) is 13.6. The number of carbonyl (C=O) groups is 2. The number of amides is 1. The summed E-state index contributed by atoms with van der Waals surface area (Å²) in [5, 5.41) is 11.8. The molecule has 1 aromatic rings. The van der Waals surface area contributed by atoms with Gasteiger partial charge in [0.25, 0.3) is 0 Å². The monoisotopic (exact) mass is 265 g/mol. The highest BCUT2D eigenvalue weighted by Gasteiger charge is 2.37. The maximum atomic E-state index is 11.9. The van der Waals surface area contributed by atoms with Gasteiger partial charge >= 0.3 is 5.97 Å². The summed E-state index contributed by atoms with van der Waals surface area (Å²) in [5.74, 6) is -0.902. The lowest BCUT2D eigenvalue weighted by molar-refractivity contribution is -0.140. The number of rotatable bonds is 6. The lowest BCUT2D eigenvalue weighted by atomic mass is 9.79. The van der Waals surface area contributed by atoms with Crippen LogP contribution in [0.25, 0.3) is 0 Å². The van der Waals surface area contributed by atoms with Gasteiger partial charge in [0.2, 0.25) is 5.91 Å². The third-order valence-corrected chi connectivity index (χ3v) is 3.76. The molecule has 2 rings (SSSR count). The van der Waals surface area contributed by atoms with Crippen LogP contribution in [0.15, 0.2) is 12.5 Å². The van der Waals surface area contributed by atoms with Crippen molar-refractivity contribution in [3.05, 3.63) is 18.2 Å². The van der Waals surface area contributed by atoms with Gasteiger partial charge in [-0.3, -0.25) is 9.59 Å². The van der Waals surface area contributed by atoms with E-state index in [1.807, 2.05) is 0 Å². The van der Waals surface area contributed by atoms with Crippen molar-refractivity contribution in [2.75, 3.05) is 0 Å². The Labute approximate surface area is 111 Å². The van der Waals surface area contributed by atoms with Crippen molar-refractivity contribution in [1.29, 1.82) is 0 Å². The molecule has 19 heavy (non-hydrogen) atoms. The maximum Gasteiger partial charge on any atom is 0.303 e. The van der Waals surface area contributed by atoms with Crippen LogP contribution in [-0.2, 0) is 16.1 Å². The summed E-state index contributed by atoms with van der Waals surface area (Å²) in [5.41, 5.74) is 0.497. The molecule has 0 unspecified atom stereocenters. The van der Waals surface area contributed by atoms with Crippen molar-refractivity contribution >= 4 is 11.9 Å². The van der Waals surface area contributed by atoms with Crippen LogP contribution >= 0.6 is 0 Å². The molecule has 0 atom stereocenters. The van der Waals surface area contributed by atoms with E-state index in [0.29, 0.717) is 13.0 Å². The van der Waals surface area contributed by atoms with E-state index >= 15 is 0 Å². The third kappa shape index (κ3) is 3.81. The highest BCUT2D eigenvalue weighted by molar-refractivity contribution is 5.78. The molecule has 1 saturated carbocycles. The largest absolute Gasteiger partial charge is 0.481 e. The smallest absolute Gasteiger partial charge is 0.303 e. The van der Waals surface area contributed by atoms with Crippen molar-refractivity contribution in [3.8, 4) is 0 Å². The topological polar surface area (TPSA) is 95.1 Å². The van der Waals surface area contributed by atoms with Crippen LogP contribution in [0.2, 0.25) is 0 Å². The Morgan fingerprint density at radius 1 is 1.37 bits per heavy atom. The number of nitrogens with zero attached hydrogens (tertiary/aromatic N) is 1. The molecule has 104 valence electrons. The van der Waals surface area contributed by atoms with E-state index in [1.54, 1.807) is 12.5 Å². The first-order chi connectivity index (χ1) is 9.10. The number of nitrogens with one attached hydrogen (secondary N) is 2. The average molecular weight is 265 g/mol. The van der Waals surface area contributed by atoms with E-state index < -0.39 is 5.97 Å². The second-order valence-electron chi connectivity index (χ2n) is 5.31. The molecule has 0 spiro atoms. The Morgan fingerprint density at radius 2 is 2.11 bits per heavy atom. The van der Waals surface area contributed by atoms with Crippen molar-refractivity contribution in [2.24, 2.45) is 5.41 Å². The molecule has 1 heterocycles. The predicted molar refractivity (Wildman–Crippen MR) is 68.2 cm³/mol. The quantitative estimate of drug-likeness (QED) is 0.725. The van der Waals surface area contributed by atoms with Gasteiger partial charge in [0.1, 0.15) is 0 Å². The van der Waals surface area contributed by atoms with Crippen LogP contribution in [0.1, 0.15) is 44.2 Å². The van der Waals surface area contributed by atoms with Crippen molar-refractivity contribution in [3.63, 3.8) is 0 Å². The molecular formula is C13H19N3O3. The number of hydrogen-bond acceptors (Lipinski definition) is 3. The fourth-order valence-electron chi connectivity index (χ4n) is 2.84. The van der Waals surface area contributed by atoms with Gasteiger partial charge in [-0.2, -0.15) is 0 Å². The number of H-pyrrole nitrogens is 1. The van der Waals surface area contributed by atoms with Gasteiger partial charge in [-0.25, -0.2) is 4.98 Å². The van der Waals surface area contributed by atoms with E-state index in [1.165, 1.54) is 0 Å². The van der Waals surface area contributed by atoms with E-state index in [2.05, 4.69) is 15.3 Å². The molecule has 6 nitrogen and oxygen atoms in total. The Hall–Kier alpha value is -1.85. The summed E-state index contributed by atoms with van der Waals surface area (Å²) in [6.45, 7) is 0.405. The summed E-state index contributed by atoms with van der Waals surface area (Å²) in [6, 6.07) is 0. The lowest BCUT2D eigenvalue weighted by Crippen LogP contribution is -2.31. The molecule has 3 N–H and O–H groups in total. The standard InChI is InChI=1S/C13H19N3O3/c17-11(15-8-10-7-14-9-16-10)5-13(6-12(18)19)3-1-2-4-13/h7,9H,1-6,8H2,(H,14,16)(H,15,17)(H,18,19). The van der Waals surface area contributed by atoms with Gasteiger partial charge in [0.05, 0.1) is 25.0 Å². The zero-order valence-corrected chi connectivity index (χ0v) is 10.8. The van der Waals surface area contributed by atoms with Gasteiger partial charge in [-0.15, -0.1) is 0 Å². The molecule has 0 aromatic carbocycles. The van der Waals surface area contributed by atoms with Crippen LogP contribution in [-0.4, -0.2) is 27.0 Å². The summed E-state index contributed by atoms with van der Waals surface area (Å²) in [6.07, 6.45) is 7.29. The summed E-state index contributed by atoms with van der Waals surface area (Å²) >= 11 is 0. The fourth-order valence-corrected chi connectivity index (χ4v) is 2.84. The highest BCUT2D eigenvalue weighted by Crippen LogP contribution is 2.43. The predicted octanol–water partition coefficient (Wildman–Crippen LogP) is 1.45. The zero-order valence-electron chi connectivity index (χ0n) is 10.8. The van der Waals surface area contributed by atoms with Crippen LogP contribution in [0.3, 0.4) is 0 Å². The Balaban J connectivity index is 1.86. The lowest BCUT2D eigenvalue weighted by Gasteiger charge is -2.26. The number of aromatic nitrogens is 2. The van der Waals surface area contributed by atoms with Gasteiger partial charge in [0, 0.05) is 12.6 Å². The SMILES string of the molecule is O=C(O)CC1(CC(=O)NCc2cnc[nH]2)CCCC1. The molecule has 1 amide bonds. The minimum Gasteiger partial charge on any atom is -0.481 e. The number of aromatic amines is 1. The van der Waals surface area contributed by atoms with Crippen molar-refractivity contribution in [2.45, 2.75) is 45.1 Å². The maximum absolute atomic E-state index is 11.9. The summed E-state index contributed by atoms with van der Waals surface area (Å²) in [7, 11) is 0. The number of imidazole rings is 1. The van der Waals surface area contributed by atoms with Crippen LogP contribution in [0.5, 0.6) is 0 Å².